The normalized spacial score (nSPS) is 16.6. The van der Waals surface area contributed by atoms with Crippen molar-refractivity contribution in [1.82, 2.24) is 15.6 Å². The molecule has 0 saturated carbocycles. The Morgan fingerprint density at radius 2 is 1.88 bits per heavy atom. The summed E-state index contributed by atoms with van der Waals surface area (Å²) in [6.07, 6.45) is 0.923. The fourth-order valence-corrected chi connectivity index (χ4v) is 3.79. The first kappa shape index (κ1) is 24.2. The van der Waals surface area contributed by atoms with Crippen molar-refractivity contribution in [3.63, 3.8) is 0 Å². The highest BCUT2D eigenvalue weighted by molar-refractivity contribution is 6.01. The predicted molar refractivity (Wildman–Crippen MR) is 126 cm³/mol. The number of likely N-dealkylation sites (N-methyl/N-ethyl adjacent to an activating group) is 1. The van der Waals surface area contributed by atoms with Gasteiger partial charge in [0.25, 0.3) is 5.91 Å². The molecule has 9 heteroatoms. The van der Waals surface area contributed by atoms with E-state index in [-0.39, 0.29) is 17.7 Å². The number of hydrogen-bond donors (Lipinski definition) is 3. The van der Waals surface area contributed by atoms with E-state index in [1.165, 1.54) is 4.90 Å². The van der Waals surface area contributed by atoms with Gasteiger partial charge >= 0.3 is 6.09 Å². The number of nitrogens with zero attached hydrogens (tertiary/aromatic N) is 2. The third-order valence-corrected chi connectivity index (χ3v) is 5.58. The van der Waals surface area contributed by atoms with Crippen molar-refractivity contribution in [2.24, 2.45) is 5.92 Å². The second-order valence-electron chi connectivity index (χ2n) is 8.23. The van der Waals surface area contributed by atoms with Gasteiger partial charge in [-0.1, -0.05) is 45.0 Å². The van der Waals surface area contributed by atoms with Crippen LogP contribution in [0.1, 0.15) is 32.8 Å². The first-order chi connectivity index (χ1) is 15.8. The lowest BCUT2D eigenvalue weighted by molar-refractivity contribution is -0.130. The molecule has 1 aliphatic rings. The number of carbonyl (C=O) groups excluding carboxylic acids is 3. The van der Waals surface area contributed by atoms with Crippen molar-refractivity contribution in [3.05, 3.63) is 54.2 Å². The highest BCUT2D eigenvalue weighted by Gasteiger charge is 2.42. The van der Waals surface area contributed by atoms with Crippen LogP contribution in [-0.2, 0) is 20.7 Å². The summed E-state index contributed by atoms with van der Waals surface area (Å²) in [5.74, 6) is -0.394. The monoisotopic (exact) mass is 453 g/mol. The van der Waals surface area contributed by atoms with Gasteiger partial charge in [0.1, 0.15) is 11.9 Å². The summed E-state index contributed by atoms with van der Waals surface area (Å²) >= 11 is 0. The fraction of sp³-hybridized carbons (Fsp3) is 0.417. The molecular formula is C24H31N5O4. The van der Waals surface area contributed by atoms with Gasteiger partial charge in [-0.2, -0.15) is 0 Å². The molecule has 0 unspecified atom stereocenters. The van der Waals surface area contributed by atoms with Gasteiger partial charge in [0, 0.05) is 23.9 Å². The highest BCUT2D eigenvalue weighted by Crippen LogP contribution is 2.32. The Morgan fingerprint density at radius 1 is 1.15 bits per heavy atom. The van der Waals surface area contributed by atoms with E-state index in [0.717, 1.165) is 5.56 Å². The van der Waals surface area contributed by atoms with E-state index < -0.39 is 24.4 Å². The lowest BCUT2D eigenvalue weighted by Crippen LogP contribution is -2.57. The van der Waals surface area contributed by atoms with Gasteiger partial charge in [-0.15, -0.1) is 0 Å². The number of nitrogens with one attached hydrogen (secondary N) is 3. The minimum atomic E-state index is -0.879. The lowest BCUT2D eigenvalue weighted by Gasteiger charge is -2.31. The van der Waals surface area contributed by atoms with Crippen LogP contribution in [0.5, 0.6) is 0 Å². The standard InChI is InChI=1S/C24H31N5O4/c1-5-18(25-4)22(30)28-20(15(2)3)23(31)29-19(14-16-10-9-13-26-21(16)29)33-24(32)27-17-11-7-6-8-12-17/h6-13,15,18-20,25H,5,14H2,1-4H3,(H,27,32)(H,28,30)/t18-,19-,20-/m0/s1. The van der Waals surface area contributed by atoms with Crippen LogP contribution in [0, 0.1) is 5.92 Å². The first-order valence-corrected chi connectivity index (χ1v) is 11.1. The van der Waals surface area contributed by atoms with Gasteiger partial charge in [0.2, 0.25) is 5.91 Å². The number of rotatable bonds is 8. The second-order valence-corrected chi connectivity index (χ2v) is 8.23. The number of benzene rings is 1. The summed E-state index contributed by atoms with van der Waals surface area (Å²) < 4.78 is 5.65. The zero-order chi connectivity index (χ0) is 24.0. The molecule has 2 heterocycles. The third-order valence-electron chi connectivity index (χ3n) is 5.58. The molecule has 0 aliphatic carbocycles. The first-order valence-electron chi connectivity index (χ1n) is 11.1. The number of para-hydroxylation sites is 1. The molecule has 3 rings (SSSR count). The zero-order valence-corrected chi connectivity index (χ0v) is 19.4. The Hall–Kier alpha value is -3.46. The molecule has 33 heavy (non-hydrogen) atoms. The summed E-state index contributed by atoms with van der Waals surface area (Å²) in [6.45, 7) is 5.61. The maximum atomic E-state index is 13.7. The molecule has 0 saturated heterocycles. The molecule has 2 aromatic rings. The summed E-state index contributed by atoms with van der Waals surface area (Å²) in [5.41, 5.74) is 1.37. The summed E-state index contributed by atoms with van der Waals surface area (Å²) in [5, 5.41) is 8.49. The van der Waals surface area contributed by atoms with E-state index in [0.29, 0.717) is 24.3 Å². The molecule has 0 bridgehead atoms. The average molecular weight is 454 g/mol. The number of carbonyl (C=O) groups is 3. The van der Waals surface area contributed by atoms with E-state index >= 15 is 0 Å². The van der Waals surface area contributed by atoms with E-state index in [1.807, 2.05) is 32.9 Å². The Morgan fingerprint density at radius 3 is 2.52 bits per heavy atom. The average Bonchev–Trinajstić information content (AvgIpc) is 3.15. The quantitative estimate of drug-likeness (QED) is 0.567. The topological polar surface area (TPSA) is 113 Å². The minimum Gasteiger partial charge on any atom is -0.424 e. The molecule has 9 nitrogen and oxygen atoms in total. The van der Waals surface area contributed by atoms with Crippen LogP contribution in [0.4, 0.5) is 16.3 Å². The number of fused-ring (bicyclic) bond motifs is 1. The number of hydrogen-bond acceptors (Lipinski definition) is 6. The minimum absolute atomic E-state index is 0.192. The van der Waals surface area contributed by atoms with Crippen LogP contribution in [0.15, 0.2) is 48.7 Å². The van der Waals surface area contributed by atoms with Gasteiger partial charge in [-0.3, -0.25) is 19.8 Å². The Bertz CT molecular complexity index is 978. The maximum Gasteiger partial charge on any atom is 0.413 e. The second kappa shape index (κ2) is 10.9. The molecule has 1 aromatic carbocycles. The van der Waals surface area contributed by atoms with Crippen molar-refractivity contribution >= 4 is 29.4 Å². The molecule has 3 amide bonds. The summed E-state index contributed by atoms with van der Waals surface area (Å²) in [6, 6.07) is 11.3. The van der Waals surface area contributed by atoms with Gasteiger partial charge < -0.3 is 15.4 Å². The largest absolute Gasteiger partial charge is 0.424 e. The van der Waals surface area contributed by atoms with Crippen LogP contribution >= 0.6 is 0 Å². The number of anilines is 2. The number of ether oxygens (including phenoxy) is 1. The number of amides is 3. The fourth-order valence-electron chi connectivity index (χ4n) is 3.79. The Kier molecular flexibility index (Phi) is 8.00. The van der Waals surface area contributed by atoms with Gasteiger partial charge in [-0.05, 0) is 37.6 Å². The van der Waals surface area contributed by atoms with Crippen molar-refractivity contribution < 1.29 is 19.1 Å². The van der Waals surface area contributed by atoms with Crippen molar-refractivity contribution in [1.29, 1.82) is 0 Å². The van der Waals surface area contributed by atoms with Crippen molar-refractivity contribution in [2.75, 3.05) is 17.3 Å². The van der Waals surface area contributed by atoms with Crippen LogP contribution in [-0.4, -0.2) is 48.3 Å². The van der Waals surface area contributed by atoms with Gasteiger partial charge in [-0.25, -0.2) is 9.78 Å². The zero-order valence-electron chi connectivity index (χ0n) is 19.4. The van der Waals surface area contributed by atoms with E-state index in [2.05, 4.69) is 20.9 Å². The molecule has 1 aromatic heterocycles. The number of aromatic nitrogens is 1. The van der Waals surface area contributed by atoms with Gasteiger partial charge in [0.05, 0.1) is 6.04 Å². The predicted octanol–water partition coefficient (Wildman–Crippen LogP) is 2.68. The Balaban J connectivity index is 1.82. The smallest absolute Gasteiger partial charge is 0.413 e. The number of pyridine rings is 1. The van der Waals surface area contributed by atoms with Crippen LogP contribution in [0.3, 0.4) is 0 Å². The lowest BCUT2D eigenvalue weighted by atomic mass is 10.0. The SMILES string of the molecule is CC[C@H](NC)C(=O)N[C@H](C(=O)N1c2ncccc2C[C@@H]1OC(=O)Nc1ccccc1)C(C)C. The Labute approximate surface area is 193 Å². The van der Waals surface area contributed by atoms with Crippen molar-refractivity contribution in [3.8, 4) is 0 Å². The maximum absolute atomic E-state index is 13.7. The van der Waals surface area contributed by atoms with Crippen LogP contribution in [0.25, 0.3) is 0 Å². The molecule has 3 N–H and O–H groups in total. The summed E-state index contributed by atoms with van der Waals surface area (Å²) in [7, 11) is 1.70. The highest BCUT2D eigenvalue weighted by atomic mass is 16.6. The summed E-state index contributed by atoms with van der Waals surface area (Å²) in [4.78, 5) is 44.7. The molecule has 0 fully saturated rings. The molecule has 3 atom stereocenters. The van der Waals surface area contributed by atoms with Gasteiger partial charge in [0.15, 0.2) is 6.23 Å². The van der Waals surface area contributed by atoms with Crippen LogP contribution in [0.2, 0.25) is 0 Å². The molecular weight excluding hydrogens is 422 g/mol. The molecule has 176 valence electrons. The van der Waals surface area contributed by atoms with E-state index in [4.69, 9.17) is 4.74 Å². The van der Waals surface area contributed by atoms with Crippen LogP contribution < -0.4 is 20.9 Å². The molecule has 1 aliphatic heterocycles. The third kappa shape index (κ3) is 5.67. The van der Waals surface area contributed by atoms with E-state index in [1.54, 1.807) is 43.6 Å². The molecule has 0 spiro atoms. The van der Waals surface area contributed by atoms with Crippen molar-refractivity contribution in [2.45, 2.75) is 51.9 Å². The van der Waals surface area contributed by atoms with E-state index in [9.17, 15) is 14.4 Å². The molecule has 0 radical (unpaired) electrons.